The van der Waals surface area contributed by atoms with E-state index in [2.05, 4.69) is 14.5 Å². The summed E-state index contributed by atoms with van der Waals surface area (Å²) >= 11 is 0. The van der Waals surface area contributed by atoms with E-state index in [1.54, 1.807) is 0 Å². The highest BCUT2D eigenvalue weighted by atomic mass is 19.4. The van der Waals surface area contributed by atoms with Crippen LogP contribution in [0.15, 0.2) is 12.1 Å². The van der Waals surface area contributed by atoms with E-state index in [1.807, 2.05) is 0 Å². The molecule has 0 N–H and O–H groups in total. The standard InChI is InChI=1S/C8H5F4NO3/c1-15-7(14)5-3-2-4(9)6(13-5)16-8(10,11)12/h2-3H,1H3. The third-order valence-corrected chi connectivity index (χ3v) is 1.42. The normalized spacial score (nSPS) is 11.1. The molecule has 0 atom stereocenters. The minimum absolute atomic E-state index is 0.483. The number of hydrogen-bond acceptors (Lipinski definition) is 4. The van der Waals surface area contributed by atoms with Crippen molar-refractivity contribution in [2.75, 3.05) is 7.11 Å². The van der Waals surface area contributed by atoms with Crippen LogP contribution in [0, 0.1) is 5.82 Å². The molecule has 0 saturated heterocycles. The number of aromatic nitrogens is 1. The highest BCUT2D eigenvalue weighted by molar-refractivity contribution is 5.87. The number of ether oxygens (including phenoxy) is 2. The molecular weight excluding hydrogens is 234 g/mol. The van der Waals surface area contributed by atoms with Gasteiger partial charge in [0.05, 0.1) is 7.11 Å². The SMILES string of the molecule is COC(=O)c1ccc(F)c(OC(F)(F)F)n1. The zero-order valence-corrected chi connectivity index (χ0v) is 7.84. The maximum Gasteiger partial charge on any atom is 0.574 e. The van der Waals surface area contributed by atoms with Gasteiger partial charge in [0.2, 0.25) is 0 Å². The number of methoxy groups -OCH3 is 1. The second-order valence-corrected chi connectivity index (χ2v) is 2.52. The van der Waals surface area contributed by atoms with Crippen LogP contribution >= 0.6 is 0 Å². The maximum absolute atomic E-state index is 12.8. The highest BCUT2D eigenvalue weighted by Gasteiger charge is 2.33. The molecule has 0 aliphatic heterocycles. The molecule has 0 amide bonds. The fraction of sp³-hybridized carbons (Fsp3) is 0.250. The van der Waals surface area contributed by atoms with Gasteiger partial charge < -0.3 is 9.47 Å². The molecule has 1 rings (SSSR count). The lowest BCUT2D eigenvalue weighted by Crippen LogP contribution is -2.19. The van der Waals surface area contributed by atoms with E-state index in [1.165, 1.54) is 0 Å². The number of esters is 1. The predicted octanol–water partition coefficient (Wildman–Crippen LogP) is 1.91. The number of pyridine rings is 1. The van der Waals surface area contributed by atoms with Gasteiger partial charge in [0.15, 0.2) is 11.5 Å². The largest absolute Gasteiger partial charge is 0.574 e. The quantitative estimate of drug-likeness (QED) is 0.584. The Hall–Kier alpha value is -1.86. The molecule has 8 heteroatoms. The van der Waals surface area contributed by atoms with Gasteiger partial charge in [0, 0.05) is 0 Å². The summed E-state index contributed by atoms with van der Waals surface area (Å²) < 4.78 is 55.7. The Kier molecular flexibility index (Phi) is 3.31. The Morgan fingerprint density at radius 2 is 2.00 bits per heavy atom. The summed E-state index contributed by atoms with van der Waals surface area (Å²) in [6.45, 7) is 0. The van der Waals surface area contributed by atoms with Crippen LogP contribution in [0.5, 0.6) is 5.88 Å². The van der Waals surface area contributed by atoms with Crippen LogP contribution in [-0.2, 0) is 4.74 Å². The van der Waals surface area contributed by atoms with E-state index in [0.29, 0.717) is 6.07 Å². The summed E-state index contributed by atoms with van der Waals surface area (Å²) in [6.07, 6.45) is -5.08. The number of carbonyl (C=O) groups excluding carboxylic acids is 1. The number of alkyl halides is 3. The number of hydrogen-bond donors (Lipinski definition) is 0. The van der Waals surface area contributed by atoms with E-state index < -0.39 is 29.7 Å². The van der Waals surface area contributed by atoms with Gasteiger partial charge in [-0.2, -0.15) is 0 Å². The zero-order valence-electron chi connectivity index (χ0n) is 7.84. The molecule has 4 nitrogen and oxygen atoms in total. The molecule has 0 aliphatic carbocycles. The van der Waals surface area contributed by atoms with Crippen LogP contribution in [0.1, 0.15) is 10.5 Å². The van der Waals surface area contributed by atoms with Gasteiger partial charge in [0.25, 0.3) is 5.88 Å². The van der Waals surface area contributed by atoms with Gasteiger partial charge >= 0.3 is 12.3 Å². The van der Waals surface area contributed by atoms with Crippen molar-refractivity contribution >= 4 is 5.97 Å². The molecule has 0 unspecified atom stereocenters. The molecule has 0 aliphatic rings. The van der Waals surface area contributed by atoms with Crippen LogP contribution in [0.25, 0.3) is 0 Å². The van der Waals surface area contributed by atoms with Crippen molar-refractivity contribution in [3.8, 4) is 5.88 Å². The predicted molar refractivity (Wildman–Crippen MR) is 42.2 cm³/mol. The summed E-state index contributed by atoms with van der Waals surface area (Å²) in [5.41, 5.74) is -0.483. The molecule has 16 heavy (non-hydrogen) atoms. The third-order valence-electron chi connectivity index (χ3n) is 1.42. The maximum atomic E-state index is 12.8. The lowest BCUT2D eigenvalue weighted by molar-refractivity contribution is -0.277. The molecule has 0 fully saturated rings. The average molecular weight is 239 g/mol. The van der Waals surface area contributed by atoms with Gasteiger partial charge in [-0.15, -0.1) is 13.2 Å². The van der Waals surface area contributed by atoms with Crippen molar-refractivity contribution in [2.45, 2.75) is 6.36 Å². The van der Waals surface area contributed by atoms with Crippen molar-refractivity contribution in [1.82, 2.24) is 4.98 Å². The fourth-order valence-corrected chi connectivity index (χ4v) is 0.823. The van der Waals surface area contributed by atoms with Gasteiger partial charge in [-0.1, -0.05) is 0 Å². The molecule has 0 aromatic carbocycles. The van der Waals surface area contributed by atoms with Crippen molar-refractivity contribution in [2.24, 2.45) is 0 Å². The molecule has 1 aromatic rings. The van der Waals surface area contributed by atoms with Crippen molar-refractivity contribution in [3.05, 3.63) is 23.6 Å². The smallest absolute Gasteiger partial charge is 0.464 e. The van der Waals surface area contributed by atoms with Gasteiger partial charge in [0.1, 0.15) is 0 Å². The van der Waals surface area contributed by atoms with E-state index in [4.69, 9.17) is 0 Å². The summed E-state index contributed by atoms with van der Waals surface area (Å²) in [5, 5.41) is 0. The Labute approximate surface area is 86.8 Å². The number of nitrogens with zero attached hydrogens (tertiary/aromatic N) is 1. The molecule has 0 radical (unpaired) electrons. The van der Waals surface area contributed by atoms with E-state index in [9.17, 15) is 22.4 Å². The van der Waals surface area contributed by atoms with E-state index >= 15 is 0 Å². The Balaban J connectivity index is 3.04. The number of rotatable bonds is 2. The molecule has 0 spiro atoms. The second kappa shape index (κ2) is 4.33. The van der Waals surface area contributed by atoms with E-state index in [0.717, 1.165) is 13.2 Å². The van der Waals surface area contributed by atoms with Crippen LogP contribution < -0.4 is 4.74 Å². The Bertz CT molecular complexity index is 405. The third kappa shape index (κ3) is 3.07. The molecule has 0 saturated carbocycles. The highest BCUT2D eigenvalue weighted by Crippen LogP contribution is 2.23. The van der Waals surface area contributed by atoms with Crippen LogP contribution in [0.3, 0.4) is 0 Å². The van der Waals surface area contributed by atoms with Gasteiger partial charge in [-0.05, 0) is 12.1 Å². The molecular formula is C8H5F4NO3. The lowest BCUT2D eigenvalue weighted by atomic mass is 10.3. The molecule has 88 valence electrons. The first-order valence-corrected chi connectivity index (χ1v) is 3.84. The van der Waals surface area contributed by atoms with Crippen LogP contribution in [0.2, 0.25) is 0 Å². The lowest BCUT2D eigenvalue weighted by Gasteiger charge is -2.09. The van der Waals surface area contributed by atoms with Crippen LogP contribution in [0.4, 0.5) is 17.6 Å². The Morgan fingerprint density at radius 1 is 1.38 bits per heavy atom. The average Bonchev–Trinajstić information content (AvgIpc) is 2.18. The van der Waals surface area contributed by atoms with Gasteiger partial charge in [-0.25, -0.2) is 14.2 Å². The first-order chi connectivity index (χ1) is 7.33. The first kappa shape index (κ1) is 12.2. The van der Waals surface area contributed by atoms with Crippen molar-refractivity contribution < 1.29 is 31.8 Å². The Morgan fingerprint density at radius 3 is 2.50 bits per heavy atom. The van der Waals surface area contributed by atoms with Crippen molar-refractivity contribution in [3.63, 3.8) is 0 Å². The number of halogens is 4. The van der Waals surface area contributed by atoms with Gasteiger partial charge in [-0.3, -0.25) is 0 Å². The summed E-state index contributed by atoms with van der Waals surface area (Å²) in [4.78, 5) is 13.9. The second-order valence-electron chi connectivity index (χ2n) is 2.52. The van der Waals surface area contributed by atoms with E-state index in [-0.39, 0.29) is 0 Å². The minimum Gasteiger partial charge on any atom is -0.464 e. The summed E-state index contributed by atoms with van der Waals surface area (Å²) in [6, 6.07) is 1.50. The molecule has 0 bridgehead atoms. The topological polar surface area (TPSA) is 48.4 Å². The summed E-state index contributed by atoms with van der Waals surface area (Å²) in [5.74, 6) is -3.65. The molecule has 1 aromatic heterocycles. The van der Waals surface area contributed by atoms with Crippen molar-refractivity contribution in [1.29, 1.82) is 0 Å². The minimum atomic E-state index is -5.08. The monoisotopic (exact) mass is 239 g/mol. The fourth-order valence-electron chi connectivity index (χ4n) is 0.823. The first-order valence-electron chi connectivity index (χ1n) is 3.84. The zero-order chi connectivity index (χ0) is 12.3. The number of carbonyl (C=O) groups is 1. The summed E-state index contributed by atoms with van der Waals surface area (Å²) in [7, 11) is 1.01. The molecule has 1 heterocycles. The van der Waals surface area contributed by atoms with Crippen LogP contribution in [-0.4, -0.2) is 24.4 Å².